The Morgan fingerprint density at radius 1 is 1.00 bits per heavy atom. The Balaban J connectivity index is 1.43. The number of nitrogens with one attached hydrogen (secondary N) is 1. The monoisotopic (exact) mass is 576 g/mol. The minimum Gasteiger partial charge on any atom is -0.354 e. The van der Waals surface area contributed by atoms with E-state index in [4.69, 9.17) is 11.6 Å². The molecule has 1 aliphatic heterocycles. The molecule has 2 unspecified atom stereocenters. The summed E-state index contributed by atoms with van der Waals surface area (Å²) in [5.41, 5.74) is 1.75. The zero-order valence-electron chi connectivity index (χ0n) is 21.9. The van der Waals surface area contributed by atoms with Crippen molar-refractivity contribution in [3.05, 3.63) is 107 Å². The lowest BCUT2D eigenvalue weighted by atomic mass is 10.0. The van der Waals surface area contributed by atoms with Crippen molar-refractivity contribution < 1.29 is 18.0 Å². The maximum atomic E-state index is 13.8. The molecule has 2 atom stereocenters. The summed E-state index contributed by atoms with van der Waals surface area (Å²) in [5.74, 6) is -0.788. The van der Waals surface area contributed by atoms with Crippen LogP contribution in [0.4, 0.5) is 0 Å². The molecular formula is C30H29ClN4O4S. The Bertz CT molecular complexity index is 1640. The van der Waals surface area contributed by atoms with E-state index in [2.05, 4.69) is 10.3 Å². The number of fused-ring (bicyclic) bond motifs is 1. The van der Waals surface area contributed by atoms with E-state index in [1.165, 1.54) is 15.3 Å². The van der Waals surface area contributed by atoms with Crippen LogP contribution in [0.5, 0.6) is 0 Å². The number of pyridine rings is 1. The van der Waals surface area contributed by atoms with Crippen molar-refractivity contribution in [2.75, 3.05) is 26.2 Å². The molecule has 0 spiro atoms. The fraction of sp³-hybridized carbons (Fsp3) is 0.233. The molecule has 0 bridgehead atoms. The fourth-order valence-electron chi connectivity index (χ4n) is 4.93. The van der Waals surface area contributed by atoms with Crippen molar-refractivity contribution in [3.8, 4) is 0 Å². The lowest BCUT2D eigenvalue weighted by Crippen LogP contribution is -2.61. The molecule has 1 fully saturated rings. The number of nitrogens with zero attached hydrogens (tertiary/aromatic N) is 3. The van der Waals surface area contributed by atoms with Gasteiger partial charge >= 0.3 is 0 Å². The van der Waals surface area contributed by atoms with Crippen molar-refractivity contribution in [1.82, 2.24) is 19.5 Å². The van der Waals surface area contributed by atoms with Gasteiger partial charge in [0.15, 0.2) is 0 Å². The summed E-state index contributed by atoms with van der Waals surface area (Å²) in [6.45, 7) is 2.20. The van der Waals surface area contributed by atoms with Gasteiger partial charge in [-0.2, -0.15) is 4.31 Å². The number of para-hydroxylation sites is 1. The Hall–Kier alpha value is -3.79. The number of benzene rings is 3. The first kappa shape index (κ1) is 27.8. The van der Waals surface area contributed by atoms with Gasteiger partial charge in [-0.1, -0.05) is 73.1 Å². The molecule has 5 rings (SSSR count). The summed E-state index contributed by atoms with van der Waals surface area (Å²) >= 11 is 6.12. The van der Waals surface area contributed by atoms with Gasteiger partial charge < -0.3 is 10.2 Å². The standard InChI is InChI=1S/C30H29ClN4O4S/c1-21(22-8-3-2-4-9-22)19-33-29(36)26-20-34(16-17-35(26)30(37)24-11-5-13-25(31)18-24)40(38,39)27-14-6-10-23-12-7-15-32-28(23)27/h2-15,18,21,26H,16-17,19-20H2,1H3,(H,33,36). The van der Waals surface area contributed by atoms with Gasteiger partial charge in [0.05, 0.1) is 5.52 Å². The molecule has 0 radical (unpaired) electrons. The van der Waals surface area contributed by atoms with E-state index in [1.807, 2.05) is 37.3 Å². The number of piperazine rings is 1. The van der Waals surface area contributed by atoms with E-state index in [1.54, 1.807) is 54.7 Å². The summed E-state index contributed by atoms with van der Waals surface area (Å²) in [6, 6.07) is 23.8. The molecule has 8 nitrogen and oxygen atoms in total. The number of amides is 2. The van der Waals surface area contributed by atoms with E-state index in [9.17, 15) is 18.0 Å². The van der Waals surface area contributed by atoms with Crippen LogP contribution in [0.3, 0.4) is 0 Å². The number of carbonyl (C=O) groups excluding carboxylic acids is 2. The van der Waals surface area contributed by atoms with Gasteiger partial charge in [-0.25, -0.2) is 8.42 Å². The smallest absolute Gasteiger partial charge is 0.254 e. The summed E-state index contributed by atoms with van der Waals surface area (Å²) in [6.07, 6.45) is 1.55. The molecule has 1 N–H and O–H groups in total. The summed E-state index contributed by atoms with van der Waals surface area (Å²) < 4.78 is 29.0. The van der Waals surface area contributed by atoms with Crippen LogP contribution in [0.1, 0.15) is 28.8 Å². The van der Waals surface area contributed by atoms with Crippen LogP contribution in [0, 0.1) is 0 Å². The molecule has 2 heterocycles. The van der Waals surface area contributed by atoms with Crippen molar-refractivity contribution in [3.63, 3.8) is 0 Å². The number of carbonyl (C=O) groups is 2. The number of hydrogen-bond acceptors (Lipinski definition) is 5. The maximum Gasteiger partial charge on any atom is 0.254 e. The van der Waals surface area contributed by atoms with E-state index in [0.29, 0.717) is 28.0 Å². The lowest BCUT2D eigenvalue weighted by Gasteiger charge is -2.40. The largest absolute Gasteiger partial charge is 0.354 e. The summed E-state index contributed by atoms with van der Waals surface area (Å²) in [4.78, 5) is 32.9. The van der Waals surface area contributed by atoms with E-state index >= 15 is 0 Å². The first-order valence-corrected chi connectivity index (χ1v) is 14.8. The zero-order valence-corrected chi connectivity index (χ0v) is 23.5. The van der Waals surface area contributed by atoms with E-state index in [0.717, 1.165) is 5.56 Å². The molecular weight excluding hydrogens is 548 g/mol. The van der Waals surface area contributed by atoms with Crippen molar-refractivity contribution >= 4 is 44.3 Å². The van der Waals surface area contributed by atoms with Crippen molar-refractivity contribution in [1.29, 1.82) is 0 Å². The van der Waals surface area contributed by atoms with Gasteiger partial charge in [-0.15, -0.1) is 0 Å². The molecule has 1 aliphatic rings. The van der Waals surface area contributed by atoms with Gasteiger partial charge in [0, 0.05) is 48.3 Å². The second-order valence-corrected chi connectivity index (χ2v) is 12.1. The first-order valence-electron chi connectivity index (χ1n) is 13.0. The number of sulfonamides is 1. The highest BCUT2D eigenvalue weighted by atomic mass is 35.5. The Labute approximate surface area is 238 Å². The number of halogens is 1. The van der Waals surface area contributed by atoms with Crippen molar-refractivity contribution in [2.45, 2.75) is 23.8 Å². The molecule has 4 aromatic rings. The highest BCUT2D eigenvalue weighted by Crippen LogP contribution is 2.27. The third-order valence-electron chi connectivity index (χ3n) is 7.14. The summed E-state index contributed by atoms with van der Waals surface area (Å²) in [7, 11) is -4.02. The third-order valence-corrected chi connectivity index (χ3v) is 9.27. The SMILES string of the molecule is CC(CNC(=O)C1CN(S(=O)(=O)c2cccc3cccnc23)CCN1C(=O)c1cccc(Cl)c1)c1ccccc1. The molecule has 10 heteroatoms. The second-order valence-electron chi connectivity index (χ2n) is 9.78. The highest BCUT2D eigenvalue weighted by Gasteiger charge is 2.40. The van der Waals surface area contributed by atoms with Gasteiger partial charge in [0.25, 0.3) is 5.91 Å². The zero-order chi connectivity index (χ0) is 28.3. The maximum absolute atomic E-state index is 13.8. The van der Waals surface area contributed by atoms with Crippen LogP contribution in [-0.2, 0) is 14.8 Å². The van der Waals surface area contributed by atoms with Crippen LogP contribution in [-0.4, -0.2) is 66.6 Å². The molecule has 206 valence electrons. The molecule has 2 amide bonds. The second kappa shape index (κ2) is 11.8. The fourth-order valence-corrected chi connectivity index (χ4v) is 6.72. The highest BCUT2D eigenvalue weighted by molar-refractivity contribution is 7.89. The molecule has 40 heavy (non-hydrogen) atoms. The molecule has 0 aliphatic carbocycles. The lowest BCUT2D eigenvalue weighted by molar-refractivity contribution is -0.126. The van der Waals surface area contributed by atoms with Gasteiger partial charge in [-0.3, -0.25) is 14.6 Å². The normalized spacial score (nSPS) is 16.9. The number of rotatable bonds is 7. The predicted molar refractivity (Wildman–Crippen MR) is 155 cm³/mol. The minimum atomic E-state index is -4.02. The average Bonchev–Trinajstić information content (AvgIpc) is 2.99. The van der Waals surface area contributed by atoms with E-state index in [-0.39, 0.29) is 36.4 Å². The minimum absolute atomic E-state index is 0.0208. The average molecular weight is 577 g/mol. The van der Waals surface area contributed by atoms with Gasteiger partial charge in [0.2, 0.25) is 15.9 Å². The molecule has 1 saturated heterocycles. The quantitative estimate of drug-likeness (QED) is 0.353. The Kier molecular flexibility index (Phi) is 8.16. The summed E-state index contributed by atoms with van der Waals surface area (Å²) in [5, 5.41) is 4.04. The van der Waals surface area contributed by atoms with E-state index < -0.39 is 22.0 Å². The number of aromatic nitrogens is 1. The van der Waals surface area contributed by atoms with Crippen molar-refractivity contribution in [2.24, 2.45) is 0 Å². The third kappa shape index (κ3) is 5.72. The number of hydrogen-bond donors (Lipinski definition) is 1. The Morgan fingerprint density at radius 3 is 2.52 bits per heavy atom. The topological polar surface area (TPSA) is 99.7 Å². The van der Waals surface area contributed by atoms with Crippen LogP contribution >= 0.6 is 11.6 Å². The first-order chi connectivity index (χ1) is 19.3. The van der Waals surface area contributed by atoms with Crippen LogP contribution in [0.15, 0.2) is 96.0 Å². The van der Waals surface area contributed by atoms with Gasteiger partial charge in [-0.05, 0) is 41.8 Å². The molecule has 0 saturated carbocycles. The predicted octanol–water partition coefficient (Wildman–Crippen LogP) is 4.32. The van der Waals surface area contributed by atoms with Crippen LogP contribution < -0.4 is 5.32 Å². The Morgan fingerprint density at radius 2 is 1.75 bits per heavy atom. The molecule has 3 aromatic carbocycles. The molecule has 1 aromatic heterocycles. The van der Waals surface area contributed by atoms with Gasteiger partial charge in [0.1, 0.15) is 10.9 Å². The van der Waals surface area contributed by atoms with Crippen LogP contribution in [0.25, 0.3) is 10.9 Å². The van der Waals surface area contributed by atoms with Crippen LogP contribution in [0.2, 0.25) is 5.02 Å².